The summed E-state index contributed by atoms with van der Waals surface area (Å²) in [7, 11) is 0. The van der Waals surface area contributed by atoms with Gasteiger partial charge in [-0.15, -0.1) is 0 Å². The van der Waals surface area contributed by atoms with Crippen LogP contribution in [0.1, 0.15) is 50.6 Å². The zero-order valence-corrected chi connectivity index (χ0v) is 12.5. The predicted octanol–water partition coefficient (Wildman–Crippen LogP) is 2.54. The van der Waals surface area contributed by atoms with Gasteiger partial charge in [0.05, 0.1) is 6.33 Å². The van der Waals surface area contributed by atoms with E-state index in [-0.39, 0.29) is 0 Å². The summed E-state index contributed by atoms with van der Waals surface area (Å²) in [6, 6.07) is 0.649. The molecule has 4 heteroatoms. The Balaban J connectivity index is 1.41. The number of likely N-dealkylation sites (tertiary alicyclic amines) is 1. The lowest BCUT2D eigenvalue weighted by Crippen LogP contribution is -2.47. The molecule has 1 saturated carbocycles. The van der Waals surface area contributed by atoms with Crippen molar-refractivity contribution in [1.29, 1.82) is 0 Å². The highest BCUT2D eigenvalue weighted by Crippen LogP contribution is 2.25. The molecule has 1 aliphatic heterocycles. The van der Waals surface area contributed by atoms with Gasteiger partial charge in [0.2, 0.25) is 0 Å². The molecule has 0 amide bonds. The Morgan fingerprint density at radius 1 is 1.20 bits per heavy atom. The molecule has 2 heterocycles. The number of imidazole rings is 1. The monoisotopic (exact) mass is 276 g/mol. The Kier molecular flexibility index (Phi) is 5.09. The molecule has 0 radical (unpaired) electrons. The molecule has 1 aliphatic carbocycles. The molecule has 1 atom stereocenters. The van der Waals surface area contributed by atoms with Crippen LogP contribution in [0.15, 0.2) is 12.5 Å². The summed E-state index contributed by atoms with van der Waals surface area (Å²) >= 11 is 0. The van der Waals surface area contributed by atoms with Gasteiger partial charge in [0.1, 0.15) is 0 Å². The third kappa shape index (κ3) is 4.06. The van der Waals surface area contributed by atoms with Gasteiger partial charge in [-0.3, -0.25) is 0 Å². The van der Waals surface area contributed by atoms with Gasteiger partial charge in [-0.05, 0) is 38.1 Å². The van der Waals surface area contributed by atoms with Gasteiger partial charge in [0.25, 0.3) is 0 Å². The van der Waals surface area contributed by atoms with Gasteiger partial charge in [-0.1, -0.05) is 19.3 Å². The Morgan fingerprint density at radius 2 is 2.10 bits per heavy atom. The molecule has 2 aliphatic rings. The van der Waals surface area contributed by atoms with E-state index in [1.54, 1.807) is 6.33 Å². The van der Waals surface area contributed by atoms with E-state index in [0.29, 0.717) is 6.04 Å². The van der Waals surface area contributed by atoms with Crippen LogP contribution in [-0.4, -0.2) is 40.5 Å². The minimum absolute atomic E-state index is 0.649. The Labute approximate surface area is 122 Å². The maximum atomic E-state index is 4.07. The molecule has 0 spiro atoms. The van der Waals surface area contributed by atoms with Crippen LogP contribution in [0.2, 0.25) is 0 Å². The third-order valence-electron chi connectivity index (χ3n) is 4.88. The third-order valence-corrected chi connectivity index (χ3v) is 4.88. The van der Waals surface area contributed by atoms with E-state index in [1.807, 2.05) is 6.20 Å². The van der Waals surface area contributed by atoms with Crippen LogP contribution in [0.5, 0.6) is 0 Å². The predicted molar refractivity (Wildman–Crippen MR) is 81.5 cm³/mol. The number of aromatic nitrogens is 2. The van der Waals surface area contributed by atoms with E-state index in [4.69, 9.17) is 0 Å². The van der Waals surface area contributed by atoms with Crippen molar-refractivity contribution in [2.45, 2.75) is 57.5 Å². The Morgan fingerprint density at radius 3 is 2.90 bits per heavy atom. The number of rotatable bonds is 5. The Bertz CT molecular complexity index is 370. The fourth-order valence-corrected chi connectivity index (χ4v) is 3.76. The fraction of sp³-hybridized carbons (Fsp3) is 0.812. The number of piperidine rings is 1. The van der Waals surface area contributed by atoms with Crippen LogP contribution in [0, 0.1) is 5.92 Å². The lowest BCUT2D eigenvalue weighted by atomic mass is 9.88. The average Bonchev–Trinajstić information content (AvgIpc) is 3.00. The fourth-order valence-electron chi connectivity index (χ4n) is 3.76. The maximum Gasteiger partial charge on any atom is 0.0922 e. The number of H-pyrrole nitrogens is 1. The molecule has 1 aromatic heterocycles. The molecule has 2 N–H and O–H groups in total. The molecule has 1 aromatic rings. The SMILES string of the molecule is c1ncc(CNC2CCCN(CC3CCCCC3)C2)[nH]1. The lowest BCUT2D eigenvalue weighted by molar-refractivity contribution is 0.149. The highest BCUT2D eigenvalue weighted by atomic mass is 15.2. The van der Waals surface area contributed by atoms with Gasteiger partial charge in [0.15, 0.2) is 0 Å². The molecule has 0 bridgehead atoms. The quantitative estimate of drug-likeness (QED) is 0.868. The van der Waals surface area contributed by atoms with Crippen molar-refractivity contribution in [2.24, 2.45) is 5.92 Å². The standard InChI is InChI=1S/C16H28N4/c1-2-5-14(6-3-1)11-20-8-4-7-15(12-20)18-10-16-9-17-13-19-16/h9,13-15,18H,1-8,10-12H2,(H,17,19). The average molecular weight is 276 g/mol. The van der Waals surface area contributed by atoms with Crippen LogP contribution in [0.25, 0.3) is 0 Å². The molecule has 0 aromatic carbocycles. The minimum Gasteiger partial charge on any atom is -0.347 e. The van der Waals surface area contributed by atoms with Crippen LogP contribution < -0.4 is 5.32 Å². The van der Waals surface area contributed by atoms with E-state index in [9.17, 15) is 0 Å². The second-order valence-electron chi connectivity index (χ2n) is 6.56. The van der Waals surface area contributed by atoms with Gasteiger partial charge >= 0.3 is 0 Å². The summed E-state index contributed by atoms with van der Waals surface area (Å²) in [5.74, 6) is 0.968. The number of hydrogen-bond acceptors (Lipinski definition) is 3. The second-order valence-corrected chi connectivity index (χ2v) is 6.56. The van der Waals surface area contributed by atoms with E-state index in [0.717, 1.165) is 12.5 Å². The zero-order chi connectivity index (χ0) is 13.6. The smallest absolute Gasteiger partial charge is 0.0922 e. The van der Waals surface area contributed by atoms with E-state index >= 15 is 0 Å². The van der Waals surface area contributed by atoms with E-state index < -0.39 is 0 Å². The molecular weight excluding hydrogens is 248 g/mol. The Hall–Kier alpha value is -0.870. The van der Waals surface area contributed by atoms with Gasteiger partial charge < -0.3 is 15.2 Å². The number of nitrogens with zero attached hydrogens (tertiary/aromatic N) is 2. The molecule has 2 fully saturated rings. The number of nitrogens with one attached hydrogen (secondary N) is 2. The molecule has 112 valence electrons. The zero-order valence-electron chi connectivity index (χ0n) is 12.5. The molecule has 3 rings (SSSR count). The first kappa shape index (κ1) is 14.1. The molecule has 20 heavy (non-hydrogen) atoms. The van der Waals surface area contributed by atoms with Crippen molar-refractivity contribution >= 4 is 0 Å². The van der Waals surface area contributed by atoms with Gasteiger partial charge in [-0.25, -0.2) is 4.98 Å². The van der Waals surface area contributed by atoms with Crippen LogP contribution in [-0.2, 0) is 6.54 Å². The van der Waals surface area contributed by atoms with Crippen LogP contribution >= 0.6 is 0 Å². The van der Waals surface area contributed by atoms with Crippen molar-refractivity contribution in [1.82, 2.24) is 20.2 Å². The first-order valence-corrected chi connectivity index (χ1v) is 8.33. The van der Waals surface area contributed by atoms with Crippen LogP contribution in [0.4, 0.5) is 0 Å². The molecule has 4 nitrogen and oxygen atoms in total. The first-order valence-electron chi connectivity index (χ1n) is 8.33. The summed E-state index contributed by atoms with van der Waals surface area (Å²) in [6.45, 7) is 4.79. The largest absolute Gasteiger partial charge is 0.347 e. The number of aromatic amines is 1. The van der Waals surface area contributed by atoms with Crippen LogP contribution in [0.3, 0.4) is 0 Å². The molecular formula is C16H28N4. The normalized spacial score (nSPS) is 25.9. The highest BCUT2D eigenvalue weighted by Gasteiger charge is 2.23. The van der Waals surface area contributed by atoms with E-state index in [1.165, 1.54) is 70.3 Å². The summed E-state index contributed by atoms with van der Waals surface area (Å²) in [5.41, 5.74) is 1.19. The lowest BCUT2D eigenvalue weighted by Gasteiger charge is -2.36. The summed E-state index contributed by atoms with van der Waals surface area (Å²) < 4.78 is 0. The van der Waals surface area contributed by atoms with Crippen molar-refractivity contribution < 1.29 is 0 Å². The first-order chi connectivity index (χ1) is 9.90. The topological polar surface area (TPSA) is 44.0 Å². The summed E-state index contributed by atoms with van der Waals surface area (Å²) in [6.07, 6.45) is 13.6. The van der Waals surface area contributed by atoms with Crippen molar-refractivity contribution in [3.8, 4) is 0 Å². The number of hydrogen-bond donors (Lipinski definition) is 2. The van der Waals surface area contributed by atoms with E-state index in [2.05, 4.69) is 20.2 Å². The second kappa shape index (κ2) is 7.23. The summed E-state index contributed by atoms with van der Waals surface area (Å²) in [5, 5.41) is 3.68. The molecule has 1 unspecified atom stereocenters. The van der Waals surface area contributed by atoms with Crippen molar-refractivity contribution in [3.05, 3.63) is 18.2 Å². The van der Waals surface area contributed by atoms with Crippen molar-refractivity contribution in [3.63, 3.8) is 0 Å². The minimum atomic E-state index is 0.649. The molecule has 1 saturated heterocycles. The summed E-state index contributed by atoms with van der Waals surface area (Å²) in [4.78, 5) is 9.94. The van der Waals surface area contributed by atoms with Gasteiger partial charge in [-0.2, -0.15) is 0 Å². The maximum absolute atomic E-state index is 4.07. The van der Waals surface area contributed by atoms with Gasteiger partial charge in [0, 0.05) is 37.6 Å². The van der Waals surface area contributed by atoms with Crippen molar-refractivity contribution in [2.75, 3.05) is 19.6 Å². The highest BCUT2D eigenvalue weighted by molar-refractivity contribution is 4.94.